The van der Waals surface area contributed by atoms with Crippen LogP contribution in [0.5, 0.6) is 0 Å². The van der Waals surface area contributed by atoms with Crippen LogP contribution in [0, 0.1) is 5.82 Å². The second-order valence-electron chi connectivity index (χ2n) is 7.98. The van der Waals surface area contributed by atoms with Crippen molar-refractivity contribution in [3.05, 3.63) is 59.9 Å². The zero-order valence-corrected chi connectivity index (χ0v) is 18.9. The van der Waals surface area contributed by atoms with Gasteiger partial charge in [0.2, 0.25) is 10.0 Å². The number of likely N-dealkylation sites (tertiary alicyclic amines) is 1. The molecule has 32 heavy (non-hydrogen) atoms. The van der Waals surface area contributed by atoms with Gasteiger partial charge in [0.1, 0.15) is 11.9 Å². The number of nitrogens with zero attached hydrogens (tertiary/aromatic N) is 2. The van der Waals surface area contributed by atoms with Gasteiger partial charge in [-0.15, -0.1) is 0 Å². The molecular formula is C22H26F3N3O3S. The van der Waals surface area contributed by atoms with Gasteiger partial charge in [-0.1, -0.05) is 48.5 Å². The number of urea groups is 1. The first kappa shape index (κ1) is 24.1. The van der Waals surface area contributed by atoms with Crippen molar-refractivity contribution in [2.45, 2.75) is 31.4 Å². The van der Waals surface area contributed by atoms with Gasteiger partial charge < -0.3 is 9.80 Å². The summed E-state index contributed by atoms with van der Waals surface area (Å²) in [5.41, 5.74) is 1.03. The smallest absolute Gasteiger partial charge is 0.320 e. The van der Waals surface area contributed by atoms with Crippen LogP contribution in [0.3, 0.4) is 0 Å². The summed E-state index contributed by atoms with van der Waals surface area (Å²) in [6.45, 7) is 0.363. The lowest BCUT2D eigenvalue weighted by atomic mass is 9.95. The average Bonchev–Trinajstić information content (AvgIpc) is 2.99. The molecule has 3 rings (SSSR count). The minimum Gasteiger partial charge on any atom is -0.331 e. The quantitative estimate of drug-likeness (QED) is 0.706. The number of carbonyl (C=O) groups excluding carboxylic acids is 1. The first-order valence-electron chi connectivity index (χ1n) is 10.2. The third-order valence-corrected chi connectivity index (χ3v) is 6.90. The molecular weight excluding hydrogens is 443 g/mol. The zero-order chi connectivity index (χ0) is 23.7. The normalized spacial score (nSPS) is 20.4. The number of amides is 2. The molecule has 0 aromatic heterocycles. The molecule has 174 valence electrons. The molecule has 0 saturated carbocycles. The summed E-state index contributed by atoms with van der Waals surface area (Å²) >= 11 is 0. The number of rotatable bonds is 6. The Bertz CT molecular complexity index is 1080. The Morgan fingerprint density at radius 2 is 1.81 bits per heavy atom. The molecule has 0 radical (unpaired) electrons. The van der Waals surface area contributed by atoms with E-state index in [1.165, 1.54) is 27.1 Å². The van der Waals surface area contributed by atoms with Gasteiger partial charge in [0, 0.05) is 19.7 Å². The SMILES string of the molecule is CCS(=O)(=O)N[C@@H]1[C@H](Cc2cccc(-c3ccccc3)c2F)N(C(=O)N(C)C)CC1(F)F. The van der Waals surface area contributed by atoms with Gasteiger partial charge in [0.25, 0.3) is 5.92 Å². The summed E-state index contributed by atoms with van der Waals surface area (Å²) in [5, 5.41) is 0. The van der Waals surface area contributed by atoms with E-state index in [0.29, 0.717) is 11.1 Å². The standard InChI is InChI=1S/C22H26F3N3O3S/c1-4-32(30,31)26-20-18(28(14-22(20,24)25)21(29)27(2)3)13-16-11-8-12-17(19(16)23)15-9-6-5-7-10-15/h5-12,18,20,26H,4,13-14H2,1-3H3/t18-,20+/m0/s1. The molecule has 2 amide bonds. The third kappa shape index (κ3) is 4.91. The number of sulfonamides is 1. The van der Waals surface area contributed by atoms with E-state index in [1.807, 2.05) is 4.72 Å². The molecule has 2 aromatic carbocycles. The number of hydrogen-bond donors (Lipinski definition) is 1. The summed E-state index contributed by atoms with van der Waals surface area (Å²) < 4.78 is 71.5. The van der Waals surface area contributed by atoms with Crippen molar-refractivity contribution >= 4 is 16.1 Å². The van der Waals surface area contributed by atoms with E-state index in [2.05, 4.69) is 0 Å². The van der Waals surface area contributed by atoms with Crippen molar-refractivity contribution in [2.75, 3.05) is 26.4 Å². The predicted octanol–water partition coefficient (Wildman–Crippen LogP) is 3.34. The fourth-order valence-electron chi connectivity index (χ4n) is 3.84. The molecule has 1 aliphatic heterocycles. The Balaban J connectivity index is 2.04. The number of hydrogen-bond acceptors (Lipinski definition) is 3. The van der Waals surface area contributed by atoms with Crippen LogP contribution in [-0.4, -0.2) is 68.6 Å². The molecule has 0 bridgehead atoms. The second-order valence-corrected chi connectivity index (χ2v) is 10.0. The lowest BCUT2D eigenvalue weighted by Crippen LogP contribution is -2.53. The second kappa shape index (κ2) is 9.11. The van der Waals surface area contributed by atoms with Gasteiger partial charge in [-0.05, 0) is 24.5 Å². The van der Waals surface area contributed by atoms with E-state index in [1.54, 1.807) is 42.5 Å². The highest BCUT2D eigenvalue weighted by molar-refractivity contribution is 7.89. The Kier molecular flexibility index (Phi) is 6.85. The van der Waals surface area contributed by atoms with Crippen molar-refractivity contribution < 1.29 is 26.4 Å². The lowest BCUT2D eigenvalue weighted by molar-refractivity contribution is -0.00498. The molecule has 2 aromatic rings. The van der Waals surface area contributed by atoms with Crippen LogP contribution < -0.4 is 4.72 Å². The predicted molar refractivity (Wildman–Crippen MR) is 116 cm³/mol. The molecule has 0 aliphatic carbocycles. The average molecular weight is 470 g/mol. The lowest BCUT2D eigenvalue weighted by Gasteiger charge is -2.30. The topological polar surface area (TPSA) is 69.7 Å². The summed E-state index contributed by atoms with van der Waals surface area (Å²) in [6.07, 6.45) is -0.279. The molecule has 1 aliphatic rings. The molecule has 1 fully saturated rings. The number of benzene rings is 2. The first-order chi connectivity index (χ1) is 15.0. The minimum atomic E-state index is -4.01. The summed E-state index contributed by atoms with van der Waals surface area (Å²) in [5.74, 6) is -4.51. The van der Waals surface area contributed by atoms with Gasteiger partial charge in [0.15, 0.2) is 0 Å². The molecule has 10 heteroatoms. The molecule has 1 heterocycles. The highest BCUT2D eigenvalue weighted by atomic mass is 32.2. The van der Waals surface area contributed by atoms with E-state index < -0.39 is 52.2 Å². The summed E-state index contributed by atoms with van der Waals surface area (Å²) in [4.78, 5) is 14.7. The van der Waals surface area contributed by atoms with Crippen molar-refractivity contribution in [1.82, 2.24) is 14.5 Å². The highest BCUT2D eigenvalue weighted by Gasteiger charge is 2.57. The van der Waals surface area contributed by atoms with Crippen LogP contribution in [0.1, 0.15) is 12.5 Å². The van der Waals surface area contributed by atoms with Gasteiger partial charge >= 0.3 is 6.03 Å². The van der Waals surface area contributed by atoms with Crippen LogP contribution in [0.25, 0.3) is 11.1 Å². The van der Waals surface area contributed by atoms with Crippen molar-refractivity contribution in [1.29, 1.82) is 0 Å². The first-order valence-corrected chi connectivity index (χ1v) is 11.8. The maximum absolute atomic E-state index is 15.4. The molecule has 2 atom stereocenters. The van der Waals surface area contributed by atoms with Crippen LogP contribution in [0.15, 0.2) is 48.5 Å². The minimum absolute atomic E-state index is 0.117. The van der Waals surface area contributed by atoms with E-state index in [4.69, 9.17) is 0 Å². The zero-order valence-electron chi connectivity index (χ0n) is 18.1. The third-order valence-electron chi connectivity index (χ3n) is 5.53. The van der Waals surface area contributed by atoms with Crippen molar-refractivity contribution in [3.63, 3.8) is 0 Å². The number of halogens is 3. The van der Waals surface area contributed by atoms with Gasteiger partial charge in [-0.2, -0.15) is 0 Å². The highest BCUT2D eigenvalue weighted by Crippen LogP contribution is 2.36. The molecule has 1 N–H and O–H groups in total. The Labute approximate surface area is 186 Å². The van der Waals surface area contributed by atoms with E-state index in [9.17, 15) is 22.0 Å². The molecule has 0 spiro atoms. The number of nitrogens with one attached hydrogen (secondary N) is 1. The fraction of sp³-hybridized carbons (Fsp3) is 0.409. The van der Waals surface area contributed by atoms with E-state index in [0.717, 1.165) is 9.80 Å². The van der Waals surface area contributed by atoms with Gasteiger partial charge in [-0.25, -0.2) is 31.1 Å². The monoisotopic (exact) mass is 469 g/mol. The maximum Gasteiger partial charge on any atom is 0.320 e. The molecule has 1 saturated heterocycles. The van der Waals surface area contributed by atoms with E-state index in [-0.39, 0.29) is 12.0 Å². The molecule has 6 nitrogen and oxygen atoms in total. The number of carbonyl (C=O) groups is 1. The van der Waals surface area contributed by atoms with Gasteiger partial charge in [0.05, 0.1) is 18.3 Å². The van der Waals surface area contributed by atoms with Crippen molar-refractivity contribution in [2.24, 2.45) is 0 Å². The Morgan fingerprint density at radius 1 is 1.16 bits per heavy atom. The Morgan fingerprint density at radius 3 is 2.41 bits per heavy atom. The summed E-state index contributed by atoms with van der Waals surface area (Å²) in [7, 11) is -1.18. The van der Waals surface area contributed by atoms with Crippen LogP contribution in [-0.2, 0) is 16.4 Å². The largest absolute Gasteiger partial charge is 0.331 e. The van der Waals surface area contributed by atoms with Crippen LogP contribution in [0.2, 0.25) is 0 Å². The molecule has 0 unspecified atom stereocenters. The fourth-order valence-corrected chi connectivity index (χ4v) is 4.73. The number of alkyl halides is 2. The van der Waals surface area contributed by atoms with Crippen LogP contribution in [0.4, 0.5) is 18.0 Å². The maximum atomic E-state index is 15.4. The van der Waals surface area contributed by atoms with Crippen molar-refractivity contribution in [3.8, 4) is 11.1 Å². The van der Waals surface area contributed by atoms with E-state index >= 15 is 4.39 Å². The van der Waals surface area contributed by atoms with Gasteiger partial charge in [-0.3, -0.25) is 0 Å². The van der Waals surface area contributed by atoms with Crippen LogP contribution >= 0.6 is 0 Å². The Hall–Kier alpha value is -2.59. The summed E-state index contributed by atoms with van der Waals surface area (Å²) in [6, 6.07) is 9.55.